The van der Waals surface area contributed by atoms with Gasteiger partial charge in [0.05, 0.1) is 11.0 Å². The van der Waals surface area contributed by atoms with Crippen LogP contribution in [0, 0.1) is 0 Å². The van der Waals surface area contributed by atoms with Gasteiger partial charge in [0.1, 0.15) is 0 Å². The van der Waals surface area contributed by atoms with Crippen molar-refractivity contribution in [2.75, 3.05) is 0 Å². The van der Waals surface area contributed by atoms with Crippen molar-refractivity contribution in [1.29, 1.82) is 0 Å². The van der Waals surface area contributed by atoms with Gasteiger partial charge >= 0.3 is 0 Å². The van der Waals surface area contributed by atoms with Crippen LogP contribution in [0.1, 0.15) is 25.0 Å². The smallest absolute Gasteiger partial charge is 0.0595 e. The Kier molecular flexibility index (Phi) is 4.61. The molecule has 6 aromatic carbocycles. The second kappa shape index (κ2) is 8.19. The summed E-state index contributed by atoms with van der Waals surface area (Å²) >= 11 is 1.95. The van der Waals surface area contributed by atoms with E-state index in [1.54, 1.807) is 0 Å². The van der Waals surface area contributed by atoms with Crippen molar-refractivity contribution in [3.05, 3.63) is 139 Å². The van der Waals surface area contributed by atoms with Gasteiger partial charge in [0.25, 0.3) is 0 Å². The molecule has 0 aliphatic heterocycles. The lowest BCUT2D eigenvalue weighted by atomic mass is 9.81. The van der Waals surface area contributed by atoms with Crippen LogP contribution in [-0.4, -0.2) is 4.57 Å². The van der Waals surface area contributed by atoms with Crippen molar-refractivity contribution in [3.8, 4) is 27.9 Å². The number of nitrogens with zero attached hydrogens (tertiary/aromatic N) is 1. The number of fused-ring (bicyclic) bond motifs is 12. The summed E-state index contributed by atoms with van der Waals surface area (Å²) in [6.07, 6.45) is 0. The molecule has 0 spiro atoms. The molecule has 0 atom stereocenters. The van der Waals surface area contributed by atoms with Gasteiger partial charge in [-0.3, -0.25) is 0 Å². The molecule has 8 aromatic rings. The van der Waals surface area contributed by atoms with Gasteiger partial charge in [0, 0.05) is 47.6 Å². The molecule has 0 fully saturated rings. The summed E-state index contributed by atoms with van der Waals surface area (Å²) in [5.74, 6) is 0. The van der Waals surface area contributed by atoms with E-state index >= 15 is 0 Å². The minimum absolute atomic E-state index is 0.134. The summed E-state index contributed by atoms with van der Waals surface area (Å²) in [4.78, 5) is 0. The summed E-state index contributed by atoms with van der Waals surface area (Å²) in [5, 5.41) is 5.44. The van der Waals surface area contributed by atoms with Crippen LogP contribution in [0.2, 0.25) is 0 Å². The van der Waals surface area contributed by atoms with Gasteiger partial charge in [0.2, 0.25) is 0 Å². The van der Waals surface area contributed by atoms with Gasteiger partial charge in [-0.25, -0.2) is 0 Å². The van der Waals surface area contributed by atoms with E-state index in [0.29, 0.717) is 0 Å². The summed E-state index contributed by atoms with van der Waals surface area (Å²) < 4.78 is 5.30. The SMILES string of the molecule is CC1(C)c2ccccc2-c2c1c1c(c3ccccc3n1-c1ccc(-c3ccccc3)cc1)c1c2sc2ccccc21. The highest BCUT2D eigenvalue weighted by atomic mass is 32.1. The van der Waals surface area contributed by atoms with Crippen LogP contribution in [-0.2, 0) is 5.41 Å². The summed E-state index contributed by atoms with van der Waals surface area (Å²) in [7, 11) is 0. The molecule has 41 heavy (non-hydrogen) atoms. The Morgan fingerprint density at radius 2 is 1.24 bits per heavy atom. The van der Waals surface area contributed by atoms with Crippen LogP contribution in [0.4, 0.5) is 0 Å². The first-order valence-corrected chi connectivity index (χ1v) is 15.1. The van der Waals surface area contributed by atoms with Gasteiger partial charge in [-0.2, -0.15) is 0 Å². The number of benzene rings is 6. The number of para-hydroxylation sites is 1. The average Bonchev–Trinajstić information content (AvgIpc) is 3.64. The van der Waals surface area contributed by atoms with Crippen LogP contribution in [0.25, 0.3) is 69.9 Å². The van der Waals surface area contributed by atoms with Crippen LogP contribution >= 0.6 is 11.3 Å². The van der Waals surface area contributed by atoms with Gasteiger partial charge < -0.3 is 4.57 Å². The molecule has 0 saturated carbocycles. The maximum absolute atomic E-state index is 2.54. The second-order valence-corrected chi connectivity index (χ2v) is 12.8. The fourth-order valence-electron chi connectivity index (χ4n) is 7.38. The van der Waals surface area contributed by atoms with Crippen LogP contribution < -0.4 is 0 Å². The van der Waals surface area contributed by atoms with E-state index in [2.05, 4.69) is 146 Å². The number of thiophene rings is 1. The molecule has 0 N–H and O–H groups in total. The molecule has 0 bridgehead atoms. The van der Waals surface area contributed by atoms with E-state index in [0.717, 1.165) is 0 Å². The number of hydrogen-bond acceptors (Lipinski definition) is 1. The largest absolute Gasteiger partial charge is 0.309 e. The first kappa shape index (κ1) is 23.1. The lowest BCUT2D eigenvalue weighted by Crippen LogP contribution is -2.16. The van der Waals surface area contributed by atoms with Crippen molar-refractivity contribution in [2.45, 2.75) is 19.3 Å². The molecule has 0 amide bonds. The lowest BCUT2D eigenvalue weighted by Gasteiger charge is -2.24. The summed E-state index contributed by atoms with van der Waals surface area (Å²) in [5.41, 5.74) is 11.8. The Bertz CT molecular complexity index is 2310. The first-order valence-electron chi connectivity index (χ1n) is 14.3. The van der Waals surface area contributed by atoms with E-state index in [1.807, 2.05) is 11.3 Å². The minimum Gasteiger partial charge on any atom is -0.309 e. The summed E-state index contributed by atoms with van der Waals surface area (Å²) in [6.45, 7) is 4.83. The zero-order chi connectivity index (χ0) is 27.3. The fourth-order valence-corrected chi connectivity index (χ4v) is 8.65. The Balaban J connectivity index is 1.50. The van der Waals surface area contributed by atoms with Crippen molar-refractivity contribution in [1.82, 2.24) is 4.57 Å². The molecule has 0 radical (unpaired) electrons. The monoisotopic (exact) mass is 541 g/mol. The molecule has 9 rings (SSSR count). The van der Waals surface area contributed by atoms with Gasteiger partial charge in [-0.05, 0) is 52.1 Å². The first-order chi connectivity index (χ1) is 20.1. The third-order valence-electron chi connectivity index (χ3n) is 9.16. The van der Waals surface area contributed by atoms with Crippen molar-refractivity contribution in [2.24, 2.45) is 0 Å². The maximum atomic E-state index is 2.54. The highest BCUT2D eigenvalue weighted by Gasteiger charge is 2.40. The van der Waals surface area contributed by atoms with E-state index in [-0.39, 0.29) is 5.41 Å². The van der Waals surface area contributed by atoms with Crippen molar-refractivity contribution in [3.63, 3.8) is 0 Å². The zero-order valence-electron chi connectivity index (χ0n) is 23.0. The molecule has 0 unspecified atom stereocenters. The van der Waals surface area contributed by atoms with Crippen LogP contribution in [0.5, 0.6) is 0 Å². The zero-order valence-corrected chi connectivity index (χ0v) is 23.8. The molecule has 0 saturated heterocycles. The number of hydrogen-bond donors (Lipinski definition) is 0. The highest BCUT2D eigenvalue weighted by molar-refractivity contribution is 7.26. The van der Waals surface area contributed by atoms with Crippen LogP contribution in [0.15, 0.2) is 127 Å². The molecular weight excluding hydrogens is 515 g/mol. The van der Waals surface area contributed by atoms with Crippen LogP contribution in [0.3, 0.4) is 0 Å². The highest BCUT2D eigenvalue weighted by Crippen LogP contribution is 2.58. The third kappa shape index (κ3) is 3.00. The Morgan fingerprint density at radius 1 is 0.585 bits per heavy atom. The van der Waals surface area contributed by atoms with Gasteiger partial charge in [0.15, 0.2) is 0 Å². The molecule has 194 valence electrons. The maximum Gasteiger partial charge on any atom is 0.0595 e. The van der Waals surface area contributed by atoms with E-state index in [4.69, 9.17) is 0 Å². The number of aromatic nitrogens is 1. The molecule has 2 heteroatoms. The fraction of sp³-hybridized carbons (Fsp3) is 0.0769. The Labute approximate surface area is 242 Å². The normalized spacial score (nSPS) is 13.8. The van der Waals surface area contributed by atoms with Gasteiger partial charge in [-0.1, -0.05) is 117 Å². The minimum atomic E-state index is -0.134. The van der Waals surface area contributed by atoms with Crippen molar-refractivity contribution < 1.29 is 0 Å². The lowest BCUT2D eigenvalue weighted by molar-refractivity contribution is 0.664. The average molecular weight is 542 g/mol. The van der Waals surface area contributed by atoms with Gasteiger partial charge in [-0.15, -0.1) is 11.3 Å². The topological polar surface area (TPSA) is 4.93 Å². The molecule has 2 aromatic heterocycles. The second-order valence-electron chi connectivity index (χ2n) is 11.7. The van der Waals surface area contributed by atoms with Crippen molar-refractivity contribution >= 4 is 53.3 Å². The standard InChI is InChI=1S/C39H27NS/c1-39(2)30-17-9-6-14-27(30)35-36(39)37-33(34-29-16-8-11-19-32(29)41-38(34)35)28-15-7-10-18-31(28)40(37)26-22-20-25(21-23-26)24-12-4-3-5-13-24/h3-23H,1-2H3. The quantitative estimate of drug-likeness (QED) is 0.205. The predicted molar refractivity (Wildman–Crippen MR) is 177 cm³/mol. The molecule has 1 aliphatic rings. The van der Waals surface area contributed by atoms with E-state index in [9.17, 15) is 0 Å². The van der Waals surface area contributed by atoms with E-state index < -0.39 is 0 Å². The molecule has 2 heterocycles. The molecular formula is C39H27NS. The third-order valence-corrected chi connectivity index (χ3v) is 10.3. The van der Waals surface area contributed by atoms with E-state index in [1.165, 1.54) is 81.0 Å². The molecule has 1 aliphatic carbocycles. The Morgan fingerprint density at radius 3 is 2.07 bits per heavy atom. The Hall–Kier alpha value is -4.66. The summed E-state index contributed by atoms with van der Waals surface area (Å²) in [6, 6.07) is 46.8. The number of rotatable bonds is 2. The molecule has 1 nitrogen and oxygen atoms in total. The predicted octanol–water partition coefficient (Wildman–Crippen LogP) is 11.1.